The summed E-state index contributed by atoms with van der Waals surface area (Å²) < 4.78 is 0. The summed E-state index contributed by atoms with van der Waals surface area (Å²) in [6.45, 7) is 18.0. The molecule has 0 atom stereocenters. The van der Waals surface area contributed by atoms with E-state index in [1.807, 2.05) is 0 Å². The van der Waals surface area contributed by atoms with Gasteiger partial charge in [-0.3, -0.25) is 0 Å². The molecule has 6 rings (SSSR count). The highest BCUT2D eigenvalue weighted by Crippen LogP contribution is 2.33. The topological polar surface area (TPSA) is 0 Å². The number of aryl methyl sites for hydroxylation is 9. The van der Waals surface area contributed by atoms with Gasteiger partial charge in [0.15, 0.2) is 0 Å². The summed E-state index contributed by atoms with van der Waals surface area (Å²) in [4.78, 5) is 0. The normalized spacial score (nSPS) is 11.2. The Kier molecular flexibility index (Phi) is 9.83. The Morgan fingerprint density at radius 1 is 0.292 bits per heavy atom. The fourth-order valence-corrected chi connectivity index (χ4v) is 7.24. The van der Waals surface area contributed by atoms with Crippen LogP contribution in [0.15, 0.2) is 109 Å². The van der Waals surface area contributed by atoms with Gasteiger partial charge < -0.3 is 0 Å². The van der Waals surface area contributed by atoms with Gasteiger partial charge in [0.1, 0.15) is 0 Å². The van der Waals surface area contributed by atoms with Crippen LogP contribution in [0.4, 0.5) is 0 Å². The second kappa shape index (κ2) is 14.2. The molecule has 0 aliphatic rings. The van der Waals surface area contributed by atoms with E-state index in [2.05, 4.69) is 165 Å². The SMILES string of the molecule is Cc1ccc(-c2ccc(C)c(CCc3cc(-c4cccc(CCc5cccc(-c6cccc(C)c6C)c5C)c4C)ccc3C)c2)cc1C. The van der Waals surface area contributed by atoms with Crippen LogP contribution in [0.5, 0.6) is 0 Å². The molecule has 0 nitrogen and oxygen atoms in total. The smallest absolute Gasteiger partial charge is 0.0149 e. The zero-order chi connectivity index (χ0) is 33.9. The van der Waals surface area contributed by atoms with E-state index < -0.39 is 0 Å². The molecule has 0 saturated heterocycles. The predicted molar refractivity (Wildman–Crippen MR) is 208 cm³/mol. The predicted octanol–water partition coefficient (Wildman–Crippen LogP) is 12.7. The quantitative estimate of drug-likeness (QED) is 0.150. The molecular formula is C48H50. The van der Waals surface area contributed by atoms with Crippen molar-refractivity contribution in [3.8, 4) is 33.4 Å². The summed E-state index contributed by atoms with van der Waals surface area (Å²) in [5.41, 5.74) is 24.7. The Morgan fingerprint density at radius 2 is 0.729 bits per heavy atom. The molecule has 48 heavy (non-hydrogen) atoms. The molecule has 0 heterocycles. The fourth-order valence-electron chi connectivity index (χ4n) is 7.24. The second-order valence-corrected chi connectivity index (χ2v) is 14.0. The first-order chi connectivity index (χ1) is 23.1. The Hall–Kier alpha value is -4.68. The van der Waals surface area contributed by atoms with Crippen LogP contribution in [0.2, 0.25) is 0 Å². The number of benzene rings is 6. The number of rotatable bonds is 9. The maximum atomic E-state index is 2.45. The molecule has 242 valence electrons. The molecule has 0 aliphatic heterocycles. The highest BCUT2D eigenvalue weighted by molar-refractivity contribution is 5.73. The van der Waals surface area contributed by atoms with Crippen molar-refractivity contribution in [2.75, 3.05) is 0 Å². The van der Waals surface area contributed by atoms with E-state index in [0.717, 1.165) is 25.7 Å². The average Bonchev–Trinajstić information content (AvgIpc) is 3.08. The van der Waals surface area contributed by atoms with Gasteiger partial charge in [-0.25, -0.2) is 0 Å². The van der Waals surface area contributed by atoms with E-state index in [9.17, 15) is 0 Å². The molecule has 0 unspecified atom stereocenters. The van der Waals surface area contributed by atoms with Crippen LogP contribution >= 0.6 is 0 Å². The summed E-state index contributed by atoms with van der Waals surface area (Å²) >= 11 is 0. The molecule has 6 aromatic carbocycles. The van der Waals surface area contributed by atoms with Gasteiger partial charge in [-0.2, -0.15) is 0 Å². The summed E-state index contributed by atoms with van der Waals surface area (Å²) in [5.74, 6) is 0. The van der Waals surface area contributed by atoms with Crippen molar-refractivity contribution in [2.45, 2.75) is 81.1 Å². The van der Waals surface area contributed by atoms with Crippen molar-refractivity contribution in [1.29, 1.82) is 0 Å². The maximum Gasteiger partial charge on any atom is -0.0149 e. The van der Waals surface area contributed by atoms with Crippen LogP contribution in [0.25, 0.3) is 33.4 Å². The van der Waals surface area contributed by atoms with E-state index in [1.165, 1.54) is 100 Å². The molecule has 0 fully saturated rings. The van der Waals surface area contributed by atoms with Gasteiger partial charge in [0, 0.05) is 0 Å². The van der Waals surface area contributed by atoms with Crippen molar-refractivity contribution in [1.82, 2.24) is 0 Å². The molecule has 6 aromatic rings. The summed E-state index contributed by atoms with van der Waals surface area (Å²) in [6, 6.07) is 41.2. The minimum absolute atomic E-state index is 1.03. The van der Waals surface area contributed by atoms with Gasteiger partial charge in [-0.05, 0) is 181 Å². The van der Waals surface area contributed by atoms with Crippen LogP contribution in [0, 0.1) is 55.4 Å². The van der Waals surface area contributed by atoms with Crippen molar-refractivity contribution in [3.05, 3.63) is 176 Å². The largest absolute Gasteiger partial charge is 0.0614 e. The van der Waals surface area contributed by atoms with Crippen LogP contribution in [0.3, 0.4) is 0 Å². The minimum Gasteiger partial charge on any atom is -0.0614 e. The third-order valence-corrected chi connectivity index (χ3v) is 11.0. The molecule has 0 saturated carbocycles. The lowest BCUT2D eigenvalue weighted by atomic mass is 9.88. The zero-order valence-electron chi connectivity index (χ0n) is 30.2. The molecule has 0 N–H and O–H groups in total. The maximum absolute atomic E-state index is 2.45. The van der Waals surface area contributed by atoms with Gasteiger partial charge in [0.25, 0.3) is 0 Å². The van der Waals surface area contributed by atoms with E-state index in [4.69, 9.17) is 0 Å². The van der Waals surface area contributed by atoms with Gasteiger partial charge in [0.05, 0.1) is 0 Å². The molecule has 0 aromatic heterocycles. The monoisotopic (exact) mass is 626 g/mol. The zero-order valence-corrected chi connectivity index (χ0v) is 30.2. The fraction of sp³-hybridized carbons (Fsp3) is 0.250. The Morgan fingerprint density at radius 3 is 1.33 bits per heavy atom. The van der Waals surface area contributed by atoms with E-state index >= 15 is 0 Å². The molecule has 0 amide bonds. The van der Waals surface area contributed by atoms with Crippen LogP contribution < -0.4 is 0 Å². The second-order valence-electron chi connectivity index (χ2n) is 14.0. The Balaban J connectivity index is 1.21. The minimum atomic E-state index is 1.03. The standard InChI is InChI=1S/C48H50/c1-31-18-21-43(28-35(31)5)44-22-19-33(3)41(29-44)26-27-42-30-45(23-20-34(42)4)46-15-10-13-39(37(46)7)24-25-40-14-11-17-48(38(40)8)47-16-9-12-32(2)36(47)6/h9-23,28-30H,24-27H2,1-8H3. The summed E-state index contributed by atoms with van der Waals surface area (Å²) in [6.07, 6.45) is 4.14. The van der Waals surface area contributed by atoms with Crippen LogP contribution in [-0.2, 0) is 25.7 Å². The molecule has 0 radical (unpaired) electrons. The highest BCUT2D eigenvalue weighted by Gasteiger charge is 2.13. The molecule has 0 aliphatic carbocycles. The van der Waals surface area contributed by atoms with Gasteiger partial charge in [-0.1, -0.05) is 109 Å². The highest BCUT2D eigenvalue weighted by atomic mass is 14.2. The lowest BCUT2D eigenvalue weighted by Gasteiger charge is -2.17. The lowest BCUT2D eigenvalue weighted by Crippen LogP contribution is -2.00. The summed E-state index contributed by atoms with van der Waals surface area (Å²) in [7, 11) is 0. The summed E-state index contributed by atoms with van der Waals surface area (Å²) in [5, 5.41) is 0. The van der Waals surface area contributed by atoms with E-state index in [-0.39, 0.29) is 0 Å². The van der Waals surface area contributed by atoms with Crippen molar-refractivity contribution in [2.24, 2.45) is 0 Å². The third-order valence-electron chi connectivity index (χ3n) is 11.0. The van der Waals surface area contributed by atoms with E-state index in [0.29, 0.717) is 0 Å². The Bertz CT molecular complexity index is 2100. The van der Waals surface area contributed by atoms with Crippen molar-refractivity contribution >= 4 is 0 Å². The van der Waals surface area contributed by atoms with E-state index in [1.54, 1.807) is 0 Å². The van der Waals surface area contributed by atoms with Crippen molar-refractivity contribution in [3.63, 3.8) is 0 Å². The first kappa shape index (κ1) is 33.2. The number of hydrogen-bond donors (Lipinski definition) is 0. The van der Waals surface area contributed by atoms with Gasteiger partial charge in [-0.15, -0.1) is 0 Å². The van der Waals surface area contributed by atoms with Crippen LogP contribution in [0.1, 0.15) is 66.8 Å². The number of hydrogen-bond acceptors (Lipinski definition) is 0. The molecule has 0 spiro atoms. The molecule has 0 heteroatoms. The first-order valence-electron chi connectivity index (χ1n) is 17.6. The van der Waals surface area contributed by atoms with Gasteiger partial charge in [0.2, 0.25) is 0 Å². The van der Waals surface area contributed by atoms with Gasteiger partial charge >= 0.3 is 0 Å². The third kappa shape index (κ3) is 6.95. The first-order valence-corrected chi connectivity index (χ1v) is 17.6. The van der Waals surface area contributed by atoms with Crippen LogP contribution in [-0.4, -0.2) is 0 Å². The lowest BCUT2D eigenvalue weighted by molar-refractivity contribution is 0.937. The van der Waals surface area contributed by atoms with Crippen molar-refractivity contribution < 1.29 is 0 Å². The Labute approximate surface area is 289 Å². The average molecular weight is 627 g/mol. The molecular weight excluding hydrogens is 577 g/mol. The molecule has 0 bridgehead atoms.